The molecule has 0 saturated carbocycles. The molecule has 3 rings (SSSR count). The molecular formula is C19H26ClIN4O3. The molecule has 0 atom stereocenters. The van der Waals surface area contributed by atoms with E-state index in [0.717, 1.165) is 23.4 Å². The van der Waals surface area contributed by atoms with Crippen molar-refractivity contribution in [1.82, 2.24) is 15.8 Å². The van der Waals surface area contributed by atoms with Crippen LogP contribution in [-0.2, 0) is 13.0 Å². The molecule has 1 aromatic heterocycles. The van der Waals surface area contributed by atoms with Crippen molar-refractivity contribution in [1.29, 1.82) is 0 Å². The van der Waals surface area contributed by atoms with Gasteiger partial charge < -0.3 is 24.6 Å². The zero-order chi connectivity index (χ0) is 19.2. The summed E-state index contributed by atoms with van der Waals surface area (Å²) in [5.74, 6) is 3.15. The van der Waals surface area contributed by atoms with Crippen LogP contribution < -0.4 is 20.1 Å². The first-order valence-electron chi connectivity index (χ1n) is 9.05. The van der Waals surface area contributed by atoms with E-state index in [0.29, 0.717) is 54.7 Å². The van der Waals surface area contributed by atoms with Gasteiger partial charge >= 0.3 is 0 Å². The molecule has 2 N–H and O–H groups in total. The Balaban J connectivity index is 0.00000280. The average molecular weight is 521 g/mol. The number of fused-ring (bicyclic) bond motifs is 1. The fourth-order valence-corrected chi connectivity index (χ4v) is 3.00. The van der Waals surface area contributed by atoms with Crippen molar-refractivity contribution >= 4 is 41.5 Å². The Morgan fingerprint density at radius 2 is 2.00 bits per heavy atom. The van der Waals surface area contributed by atoms with Gasteiger partial charge in [0.05, 0.1) is 17.3 Å². The summed E-state index contributed by atoms with van der Waals surface area (Å²) in [5.41, 5.74) is 2.02. The standard InChI is InChI=1S/C19H25ClN4O3.HI/c1-12(2)16-10-14(27-24-16)11-23-19(21-3)22-5-4-13-8-15(20)18-17(9-13)25-6-7-26-18;/h8-10,12H,4-7,11H2,1-3H3,(H2,21,22,23);1H. The maximum absolute atomic E-state index is 6.28. The molecule has 0 radical (unpaired) electrons. The number of aliphatic imine (C=N–C) groups is 1. The van der Waals surface area contributed by atoms with Gasteiger partial charge in [-0.15, -0.1) is 24.0 Å². The predicted molar refractivity (Wildman–Crippen MR) is 120 cm³/mol. The fraction of sp³-hybridized carbons (Fsp3) is 0.474. The number of halogens is 2. The van der Waals surface area contributed by atoms with E-state index in [1.807, 2.05) is 18.2 Å². The summed E-state index contributed by atoms with van der Waals surface area (Å²) in [7, 11) is 1.73. The minimum Gasteiger partial charge on any atom is -0.486 e. The second-order valence-electron chi connectivity index (χ2n) is 6.58. The van der Waals surface area contributed by atoms with Gasteiger partial charge in [0, 0.05) is 19.7 Å². The SMILES string of the molecule is CN=C(NCCc1cc(Cl)c2c(c1)OCCO2)NCc1cc(C(C)C)no1.I. The third-order valence-corrected chi connectivity index (χ3v) is 4.47. The van der Waals surface area contributed by atoms with Crippen LogP contribution >= 0.6 is 35.6 Å². The largest absolute Gasteiger partial charge is 0.486 e. The molecule has 154 valence electrons. The number of hydrogen-bond acceptors (Lipinski definition) is 5. The van der Waals surface area contributed by atoms with E-state index in [1.54, 1.807) is 7.05 Å². The predicted octanol–water partition coefficient (Wildman–Crippen LogP) is 3.75. The van der Waals surface area contributed by atoms with Gasteiger partial charge in [-0.2, -0.15) is 0 Å². The van der Waals surface area contributed by atoms with E-state index in [2.05, 4.69) is 34.6 Å². The number of aromatic nitrogens is 1. The van der Waals surface area contributed by atoms with Crippen LogP contribution in [0.1, 0.15) is 36.8 Å². The lowest BCUT2D eigenvalue weighted by Gasteiger charge is -2.20. The van der Waals surface area contributed by atoms with Crippen molar-refractivity contribution < 1.29 is 14.0 Å². The molecule has 9 heteroatoms. The van der Waals surface area contributed by atoms with Crippen molar-refractivity contribution in [3.63, 3.8) is 0 Å². The molecular weight excluding hydrogens is 495 g/mol. The monoisotopic (exact) mass is 520 g/mol. The molecule has 0 saturated heterocycles. The van der Waals surface area contributed by atoms with E-state index in [4.69, 9.17) is 25.6 Å². The van der Waals surface area contributed by atoms with Crippen molar-refractivity contribution in [2.24, 2.45) is 4.99 Å². The second kappa shape index (κ2) is 10.8. The Morgan fingerprint density at radius 3 is 2.71 bits per heavy atom. The molecule has 2 heterocycles. The first-order chi connectivity index (χ1) is 13.1. The third-order valence-electron chi connectivity index (χ3n) is 4.19. The van der Waals surface area contributed by atoms with Crippen LogP contribution in [0, 0.1) is 0 Å². The molecule has 1 aromatic carbocycles. The van der Waals surface area contributed by atoms with Gasteiger partial charge in [-0.1, -0.05) is 30.6 Å². The van der Waals surface area contributed by atoms with Crippen LogP contribution in [0.4, 0.5) is 0 Å². The average Bonchev–Trinajstić information content (AvgIpc) is 3.14. The highest BCUT2D eigenvalue weighted by atomic mass is 127. The molecule has 1 aliphatic rings. The number of nitrogens with one attached hydrogen (secondary N) is 2. The number of rotatable bonds is 6. The van der Waals surface area contributed by atoms with Crippen LogP contribution in [0.3, 0.4) is 0 Å². The van der Waals surface area contributed by atoms with Gasteiger partial charge in [-0.25, -0.2) is 0 Å². The molecule has 0 fully saturated rings. The van der Waals surface area contributed by atoms with Crippen molar-refractivity contribution in [2.75, 3.05) is 26.8 Å². The van der Waals surface area contributed by atoms with E-state index in [1.165, 1.54) is 0 Å². The molecule has 0 aliphatic carbocycles. The molecule has 0 spiro atoms. The summed E-state index contributed by atoms with van der Waals surface area (Å²) >= 11 is 6.28. The number of nitrogens with zero attached hydrogens (tertiary/aromatic N) is 2. The van der Waals surface area contributed by atoms with Crippen LogP contribution in [0.25, 0.3) is 0 Å². The number of ether oxygens (including phenoxy) is 2. The van der Waals surface area contributed by atoms with E-state index < -0.39 is 0 Å². The van der Waals surface area contributed by atoms with Crippen LogP contribution in [0.2, 0.25) is 5.02 Å². The smallest absolute Gasteiger partial charge is 0.191 e. The van der Waals surface area contributed by atoms with E-state index in [-0.39, 0.29) is 24.0 Å². The summed E-state index contributed by atoms with van der Waals surface area (Å²) in [4.78, 5) is 4.23. The quantitative estimate of drug-likeness (QED) is 0.343. The molecule has 1 aliphatic heterocycles. The van der Waals surface area contributed by atoms with Gasteiger partial charge in [-0.3, -0.25) is 4.99 Å². The summed E-state index contributed by atoms with van der Waals surface area (Å²) < 4.78 is 16.5. The van der Waals surface area contributed by atoms with Gasteiger partial charge in [0.25, 0.3) is 0 Å². The Labute approximate surface area is 187 Å². The highest BCUT2D eigenvalue weighted by molar-refractivity contribution is 14.0. The summed E-state index contributed by atoms with van der Waals surface area (Å²) in [6.45, 7) is 6.46. The normalized spacial score (nSPS) is 13.2. The van der Waals surface area contributed by atoms with Crippen LogP contribution in [0.15, 0.2) is 27.7 Å². The first kappa shape index (κ1) is 22.6. The molecule has 28 heavy (non-hydrogen) atoms. The van der Waals surface area contributed by atoms with Crippen LogP contribution in [-0.4, -0.2) is 37.9 Å². The van der Waals surface area contributed by atoms with Crippen molar-refractivity contribution in [3.05, 3.63) is 40.2 Å². The zero-order valence-corrected chi connectivity index (χ0v) is 19.3. The Hall–Kier alpha value is -1.68. The van der Waals surface area contributed by atoms with E-state index in [9.17, 15) is 0 Å². The zero-order valence-electron chi connectivity index (χ0n) is 16.3. The molecule has 0 unspecified atom stereocenters. The summed E-state index contributed by atoms with van der Waals surface area (Å²) in [6, 6.07) is 5.84. The Morgan fingerprint density at radius 1 is 1.21 bits per heavy atom. The fourth-order valence-electron chi connectivity index (χ4n) is 2.71. The minimum absolute atomic E-state index is 0. The lowest BCUT2D eigenvalue weighted by Crippen LogP contribution is -2.37. The topological polar surface area (TPSA) is 80.9 Å². The minimum atomic E-state index is 0. The van der Waals surface area contributed by atoms with Gasteiger partial charge in [-0.05, 0) is 30.0 Å². The maximum atomic E-state index is 6.28. The number of guanidine groups is 1. The van der Waals surface area contributed by atoms with Crippen LogP contribution in [0.5, 0.6) is 11.5 Å². The third kappa shape index (κ3) is 5.91. The lowest BCUT2D eigenvalue weighted by atomic mass is 10.1. The second-order valence-corrected chi connectivity index (χ2v) is 6.98. The summed E-state index contributed by atoms with van der Waals surface area (Å²) in [5, 5.41) is 11.1. The van der Waals surface area contributed by atoms with Crippen molar-refractivity contribution in [3.8, 4) is 11.5 Å². The Kier molecular flexibility index (Phi) is 8.68. The number of benzene rings is 1. The van der Waals surface area contributed by atoms with Gasteiger partial charge in [0.2, 0.25) is 0 Å². The van der Waals surface area contributed by atoms with Crippen molar-refractivity contribution in [2.45, 2.75) is 32.7 Å². The molecule has 2 aromatic rings. The molecule has 0 amide bonds. The van der Waals surface area contributed by atoms with E-state index >= 15 is 0 Å². The number of hydrogen-bond donors (Lipinski definition) is 2. The molecule has 0 bridgehead atoms. The Bertz CT molecular complexity index is 810. The van der Waals surface area contributed by atoms with Gasteiger partial charge in [0.15, 0.2) is 23.2 Å². The first-order valence-corrected chi connectivity index (χ1v) is 9.42. The highest BCUT2D eigenvalue weighted by Gasteiger charge is 2.16. The summed E-state index contributed by atoms with van der Waals surface area (Å²) in [6.07, 6.45) is 0.775. The maximum Gasteiger partial charge on any atom is 0.191 e. The molecule has 7 nitrogen and oxygen atoms in total. The van der Waals surface area contributed by atoms with Gasteiger partial charge in [0.1, 0.15) is 13.2 Å². The lowest BCUT2D eigenvalue weighted by molar-refractivity contribution is 0.171. The highest BCUT2D eigenvalue weighted by Crippen LogP contribution is 2.38.